The Labute approximate surface area is 101 Å². The molecule has 1 aromatic heterocycles. The summed E-state index contributed by atoms with van der Waals surface area (Å²) >= 11 is 0. The van der Waals surface area contributed by atoms with Gasteiger partial charge in [0.1, 0.15) is 5.58 Å². The van der Waals surface area contributed by atoms with Crippen LogP contribution in [0.5, 0.6) is 0 Å². The summed E-state index contributed by atoms with van der Waals surface area (Å²) in [5, 5.41) is 0.979. The van der Waals surface area contributed by atoms with Crippen LogP contribution in [-0.4, -0.2) is 0 Å². The number of aryl methyl sites for hydroxylation is 1. The van der Waals surface area contributed by atoms with Gasteiger partial charge >= 0.3 is 5.63 Å². The average Bonchev–Trinajstić information content (AvgIpc) is 2.27. The smallest absolute Gasteiger partial charge is 0.336 e. The highest BCUT2D eigenvalue weighted by molar-refractivity contribution is 5.81. The van der Waals surface area contributed by atoms with Crippen LogP contribution in [0.4, 0.5) is 0 Å². The fourth-order valence-electron chi connectivity index (χ4n) is 1.85. The van der Waals surface area contributed by atoms with Gasteiger partial charge in [-0.3, -0.25) is 0 Å². The van der Waals surface area contributed by atoms with Gasteiger partial charge in [-0.25, -0.2) is 4.79 Å². The van der Waals surface area contributed by atoms with E-state index in [4.69, 9.17) is 4.42 Å². The van der Waals surface area contributed by atoms with Crippen molar-refractivity contribution in [1.82, 2.24) is 0 Å². The van der Waals surface area contributed by atoms with Crippen LogP contribution in [0, 0.1) is 6.92 Å². The van der Waals surface area contributed by atoms with Gasteiger partial charge in [0.15, 0.2) is 0 Å². The number of benzene rings is 1. The molecule has 0 aliphatic heterocycles. The molecule has 0 saturated heterocycles. The molecule has 0 aliphatic carbocycles. The Bertz CT molecular complexity index is 629. The third kappa shape index (κ3) is 2.47. The van der Waals surface area contributed by atoms with Gasteiger partial charge in [0.25, 0.3) is 0 Å². The highest BCUT2D eigenvalue weighted by Crippen LogP contribution is 2.22. The molecular weight excluding hydrogens is 212 g/mol. The topological polar surface area (TPSA) is 30.2 Å². The standard InChI is InChI=1S/C15H16O2/c1-10(2)4-8-13-11(3)5-6-12-7-9-14(16)17-15(12)13/h4-7,9H,8H2,1-3H3. The van der Waals surface area contributed by atoms with Crippen molar-refractivity contribution in [1.29, 1.82) is 0 Å². The molecule has 1 heterocycles. The molecule has 0 atom stereocenters. The molecule has 0 saturated carbocycles. The monoisotopic (exact) mass is 228 g/mol. The Kier molecular flexibility index (Phi) is 3.14. The number of allylic oxidation sites excluding steroid dienone is 2. The van der Waals surface area contributed by atoms with Crippen LogP contribution in [0.1, 0.15) is 25.0 Å². The van der Waals surface area contributed by atoms with Crippen LogP contribution in [0.25, 0.3) is 11.0 Å². The predicted octanol–water partition coefficient (Wildman–Crippen LogP) is 3.61. The minimum absolute atomic E-state index is 0.290. The van der Waals surface area contributed by atoms with Crippen LogP contribution in [0.2, 0.25) is 0 Å². The van der Waals surface area contributed by atoms with E-state index in [0.717, 1.165) is 28.5 Å². The lowest BCUT2D eigenvalue weighted by atomic mass is 10.0. The maximum Gasteiger partial charge on any atom is 0.336 e. The molecule has 0 aliphatic rings. The highest BCUT2D eigenvalue weighted by atomic mass is 16.4. The summed E-state index contributed by atoms with van der Waals surface area (Å²) in [6.45, 7) is 6.17. The van der Waals surface area contributed by atoms with E-state index in [9.17, 15) is 4.79 Å². The Morgan fingerprint density at radius 2 is 1.94 bits per heavy atom. The first-order valence-electron chi connectivity index (χ1n) is 5.73. The summed E-state index contributed by atoms with van der Waals surface area (Å²) in [5.41, 5.74) is 3.95. The van der Waals surface area contributed by atoms with Gasteiger partial charge in [0.05, 0.1) is 0 Å². The summed E-state index contributed by atoms with van der Waals surface area (Å²) in [6, 6.07) is 7.32. The van der Waals surface area contributed by atoms with Crippen molar-refractivity contribution >= 4 is 11.0 Å². The molecule has 17 heavy (non-hydrogen) atoms. The van der Waals surface area contributed by atoms with Crippen molar-refractivity contribution in [2.45, 2.75) is 27.2 Å². The van der Waals surface area contributed by atoms with Gasteiger partial charge in [0.2, 0.25) is 0 Å². The first-order valence-corrected chi connectivity index (χ1v) is 5.73. The van der Waals surface area contributed by atoms with Gasteiger partial charge in [-0.05, 0) is 38.8 Å². The van der Waals surface area contributed by atoms with E-state index < -0.39 is 0 Å². The summed E-state index contributed by atoms with van der Waals surface area (Å²) in [7, 11) is 0. The van der Waals surface area contributed by atoms with E-state index in [-0.39, 0.29) is 5.63 Å². The van der Waals surface area contributed by atoms with Gasteiger partial charge in [-0.15, -0.1) is 0 Å². The number of hydrogen-bond acceptors (Lipinski definition) is 2. The second-order valence-electron chi connectivity index (χ2n) is 4.52. The van der Waals surface area contributed by atoms with E-state index in [2.05, 4.69) is 26.0 Å². The van der Waals surface area contributed by atoms with Crippen LogP contribution in [0.15, 0.2) is 45.1 Å². The molecular formula is C15H16O2. The predicted molar refractivity (Wildman–Crippen MR) is 70.4 cm³/mol. The second kappa shape index (κ2) is 4.58. The molecule has 0 N–H and O–H groups in total. The van der Waals surface area contributed by atoms with E-state index in [1.54, 1.807) is 0 Å². The third-order valence-corrected chi connectivity index (χ3v) is 2.84. The van der Waals surface area contributed by atoms with E-state index in [0.29, 0.717) is 0 Å². The fourth-order valence-corrected chi connectivity index (χ4v) is 1.85. The van der Waals surface area contributed by atoms with Crippen LogP contribution >= 0.6 is 0 Å². The molecule has 0 fully saturated rings. The molecule has 0 radical (unpaired) electrons. The van der Waals surface area contributed by atoms with Crippen molar-refractivity contribution in [2.24, 2.45) is 0 Å². The summed E-state index contributed by atoms with van der Waals surface area (Å²) in [4.78, 5) is 11.3. The molecule has 0 spiro atoms. The van der Waals surface area contributed by atoms with Crippen molar-refractivity contribution in [3.8, 4) is 0 Å². The van der Waals surface area contributed by atoms with E-state index in [1.807, 2.05) is 19.1 Å². The number of rotatable bonds is 2. The molecule has 2 rings (SSSR count). The van der Waals surface area contributed by atoms with Crippen LogP contribution < -0.4 is 5.63 Å². The van der Waals surface area contributed by atoms with Gasteiger partial charge < -0.3 is 4.42 Å². The van der Waals surface area contributed by atoms with Crippen molar-refractivity contribution in [2.75, 3.05) is 0 Å². The minimum Gasteiger partial charge on any atom is -0.422 e. The largest absolute Gasteiger partial charge is 0.422 e. The van der Waals surface area contributed by atoms with E-state index >= 15 is 0 Å². The second-order valence-corrected chi connectivity index (χ2v) is 4.52. The van der Waals surface area contributed by atoms with Crippen molar-refractivity contribution in [3.05, 3.63) is 57.5 Å². The van der Waals surface area contributed by atoms with Gasteiger partial charge in [-0.2, -0.15) is 0 Å². The summed E-state index contributed by atoms with van der Waals surface area (Å²) in [5.74, 6) is 0. The zero-order valence-electron chi connectivity index (χ0n) is 10.4. The zero-order chi connectivity index (χ0) is 12.4. The molecule has 0 unspecified atom stereocenters. The first kappa shape index (κ1) is 11.6. The first-order chi connectivity index (χ1) is 8.08. The Morgan fingerprint density at radius 1 is 1.24 bits per heavy atom. The normalized spacial score (nSPS) is 10.5. The van der Waals surface area contributed by atoms with Gasteiger partial charge in [0, 0.05) is 17.0 Å². The van der Waals surface area contributed by atoms with Crippen LogP contribution in [0.3, 0.4) is 0 Å². The van der Waals surface area contributed by atoms with Crippen LogP contribution in [-0.2, 0) is 6.42 Å². The molecule has 1 aromatic carbocycles. The molecule has 2 heteroatoms. The average molecular weight is 228 g/mol. The molecule has 0 bridgehead atoms. The quantitative estimate of drug-likeness (QED) is 0.580. The third-order valence-electron chi connectivity index (χ3n) is 2.84. The minimum atomic E-state index is -0.290. The summed E-state index contributed by atoms with van der Waals surface area (Å²) < 4.78 is 5.32. The fraction of sp³-hybridized carbons (Fsp3) is 0.267. The number of hydrogen-bond donors (Lipinski definition) is 0. The lowest BCUT2D eigenvalue weighted by Gasteiger charge is -2.06. The maximum atomic E-state index is 11.3. The Hall–Kier alpha value is -1.83. The number of fused-ring (bicyclic) bond motifs is 1. The van der Waals surface area contributed by atoms with Crippen molar-refractivity contribution in [3.63, 3.8) is 0 Å². The SMILES string of the molecule is CC(C)=CCc1c(C)ccc2ccc(=O)oc12. The molecule has 2 aromatic rings. The molecule has 0 amide bonds. The lowest BCUT2D eigenvalue weighted by molar-refractivity contribution is 0.557. The van der Waals surface area contributed by atoms with E-state index in [1.165, 1.54) is 11.6 Å². The highest BCUT2D eigenvalue weighted by Gasteiger charge is 2.06. The Balaban J connectivity index is 2.66. The van der Waals surface area contributed by atoms with Crippen molar-refractivity contribution < 1.29 is 4.42 Å². The Morgan fingerprint density at radius 3 is 2.65 bits per heavy atom. The maximum absolute atomic E-state index is 11.3. The van der Waals surface area contributed by atoms with Gasteiger partial charge in [-0.1, -0.05) is 23.8 Å². The molecule has 2 nitrogen and oxygen atoms in total. The lowest BCUT2D eigenvalue weighted by Crippen LogP contribution is -1.98. The molecule has 88 valence electrons. The zero-order valence-corrected chi connectivity index (χ0v) is 10.4. The summed E-state index contributed by atoms with van der Waals surface area (Å²) in [6.07, 6.45) is 2.95.